The van der Waals surface area contributed by atoms with Crippen molar-refractivity contribution in [1.29, 1.82) is 0 Å². The standard InChI is InChI=1S/C37H21N3S/c1-38-23-17-20-36-30(21-23)28-12-8-16-35(37(28)41-36)40-33-15-7-4-11-27(33)29-22-24(18-19-34(29)40)39-31-13-5-2-9-25(31)26-10-3-6-14-32(26)39/h2-22H. The third-order valence-corrected chi connectivity index (χ3v) is 9.53. The van der Waals surface area contributed by atoms with Crippen LogP contribution in [0.5, 0.6) is 0 Å². The van der Waals surface area contributed by atoms with E-state index in [1.54, 1.807) is 11.3 Å². The predicted octanol–water partition coefficient (Wildman–Crippen LogP) is 10.8. The molecule has 0 atom stereocenters. The quantitative estimate of drug-likeness (QED) is 0.194. The first kappa shape index (κ1) is 22.4. The number of hydrogen-bond donors (Lipinski definition) is 0. The molecule has 0 bridgehead atoms. The normalized spacial score (nSPS) is 11.9. The first-order valence-corrected chi connectivity index (χ1v) is 14.5. The van der Waals surface area contributed by atoms with Gasteiger partial charge in [0.05, 0.1) is 39.0 Å². The number of para-hydroxylation sites is 3. The fourth-order valence-electron chi connectivity index (χ4n) is 6.58. The Morgan fingerprint density at radius 3 is 1.80 bits per heavy atom. The highest BCUT2D eigenvalue weighted by Gasteiger charge is 2.18. The van der Waals surface area contributed by atoms with Crippen molar-refractivity contribution < 1.29 is 0 Å². The molecule has 0 aliphatic carbocycles. The SMILES string of the molecule is [C-]#[N+]c1ccc2sc3c(-n4c5ccccc5c5cc(-n6c7ccccc7c7ccccc76)ccc54)cccc3c2c1. The Kier molecular flexibility index (Phi) is 4.55. The average molecular weight is 540 g/mol. The molecule has 3 nitrogen and oxygen atoms in total. The minimum absolute atomic E-state index is 0.678. The van der Waals surface area contributed by atoms with E-state index in [4.69, 9.17) is 6.57 Å². The summed E-state index contributed by atoms with van der Waals surface area (Å²) in [4.78, 5) is 3.68. The maximum absolute atomic E-state index is 7.50. The van der Waals surface area contributed by atoms with Crippen molar-refractivity contribution in [3.05, 3.63) is 139 Å². The van der Waals surface area contributed by atoms with Gasteiger partial charge in [0.1, 0.15) is 0 Å². The molecule has 9 aromatic rings. The topological polar surface area (TPSA) is 14.2 Å². The molecule has 0 unspecified atom stereocenters. The molecule has 4 heteroatoms. The van der Waals surface area contributed by atoms with Gasteiger partial charge in [0.2, 0.25) is 0 Å². The molecule has 0 fully saturated rings. The molecule has 0 amide bonds. The largest absolute Gasteiger partial charge is 0.309 e. The molecule has 0 radical (unpaired) electrons. The molecular formula is C37H21N3S. The predicted molar refractivity (Wildman–Crippen MR) is 174 cm³/mol. The summed E-state index contributed by atoms with van der Waals surface area (Å²) in [6.45, 7) is 7.50. The highest BCUT2D eigenvalue weighted by atomic mass is 32.1. The molecule has 0 spiro atoms. The van der Waals surface area contributed by atoms with Gasteiger partial charge in [-0.15, -0.1) is 11.3 Å². The summed E-state index contributed by atoms with van der Waals surface area (Å²) in [6, 6.07) is 45.5. The van der Waals surface area contributed by atoms with Crippen LogP contribution >= 0.6 is 11.3 Å². The second kappa shape index (κ2) is 8.32. The van der Waals surface area contributed by atoms with E-state index in [-0.39, 0.29) is 0 Å². The molecule has 0 aliphatic heterocycles. The lowest BCUT2D eigenvalue weighted by molar-refractivity contribution is 1.17. The molecule has 6 aromatic carbocycles. The van der Waals surface area contributed by atoms with Gasteiger partial charge in [0.15, 0.2) is 5.69 Å². The van der Waals surface area contributed by atoms with Crippen LogP contribution in [-0.4, -0.2) is 9.13 Å². The van der Waals surface area contributed by atoms with E-state index in [1.807, 2.05) is 12.1 Å². The van der Waals surface area contributed by atoms with Crippen LogP contribution in [0.4, 0.5) is 5.69 Å². The summed E-state index contributed by atoms with van der Waals surface area (Å²) in [7, 11) is 0. The zero-order valence-electron chi connectivity index (χ0n) is 21.9. The lowest BCUT2D eigenvalue weighted by Gasteiger charge is -2.11. The number of fused-ring (bicyclic) bond motifs is 9. The molecule has 0 N–H and O–H groups in total. The Labute approximate surface area is 239 Å². The average Bonchev–Trinajstić information content (AvgIpc) is 3.68. The Morgan fingerprint density at radius 1 is 0.488 bits per heavy atom. The van der Waals surface area contributed by atoms with E-state index in [9.17, 15) is 0 Å². The number of thiophene rings is 1. The van der Waals surface area contributed by atoms with Gasteiger partial charge >= 0.3 is 0 Å². The smallest absolute Gasteiger partial charge is 0.187 e. The van der Waals surface area contributed by atoms with Gasteiger partial charge in [-0.1, -0.05) is 78.9 Å². The van der Waals surface area contributed by atoms with Gasteiger partial charge in [0, 0.05) is 37.3 Å². The van der Waals surface area contributed by atoms with Crippen LogP contribution in [0.1, 0.15) is 0 Å². The van der Waals surface area contributed by atoms with Crippen LogP contribution in [-0.2, 0) is 0 Å². The summed E-state index contributed by atoms with van der Waals surface area (Å²) in [5.41, 5.74) is 7.80. The molecule has 0 saturated heterocycles. The lowest BCUT2D eigenvalue weighted by atomic mass is 10.1. The molecule has 190 valence electrons. The van der Waals surface area contributed by atoms with Crippen molar-refractivity contribution in [2.24, 2.45) is 0 Å². The second-order valence-electron chi connectivity index (χ2n) is 10.5. The fraction of sp³-hybridized carbons (Fsp3) is 0. The van der Waals surface area contributed by atoms with E-state index in [1.165, 1.54) is 64.1 Å². The Bertz CT molecular complexity index is 2500. The van der Waals surface area contributed by atoms with Crippen LogP contribution < -0.4 is 0 Å². The third-order valence-electron chi connectivity index (χ3n) is 8.32. The van der Waals surface area contributed by atoms with Crippen molar-refractivity contribution in [2.75, 3.05) is 0 Å². The molecule has 9 rings (SSSR count). The van der Waals surface area contributed by atoms with E-state index in [0.717, 1.165) is 11.1 Å². The fourth-order valence-corrected chi connectivity index (χ4v) is 7.76. The number of hydrogen-bond acceptors (Lipinski definition) is 1. The molecule has 3 aromatic heterocycles. The molecule has 0 aliphatic rings. The number of rotatable bonds is 2. The zero-order chi connectivity index (χ0) is 27.1. The van der Waals surface area contributed by atoms with Crippen LogP contribution in [0.15, 0.2) is 127 Å². The zero-order valence-corrected chi connectivity index (χ0v) is 22.7. The molecule has 41 heavy (non-hydrogen) atoms. The summed E-state index contributed by atoms with van der Waals surface area (Å²) >= 11 is 1.80. The monoisotopic (exact) mass is 539 g/mol. The Hall–Kier alpha value is -5.37. The lowest BCUT2D eigenvalue weighted by Crippen LogP contribution is -1.96. The highest BCUT2D eigenvalue weighted by molar-refractivity contribution is 7.26. The maximum atomic E-state index is 7.50. The first-order chi connectivity index (χ1) is 20.3. The van der Waals surface area contributed by atoms with E-state index < -0.39 is 0 Å². The van der Waals surface area contributed by atoms with Crippen molar-refractivity contribution in [1.82, 2.24) is 9.13 Å². The van der Waals surface area contributed by atoms with E-state index in [2.05, 4.69) is 129 Å². The van der Waals surface area contributed by atoms with E-state index in [0.29, 0.717) is 5.69 Å². The van der Waals surface area contributed by atoms with Crippen molar-refractivity contribution in [3.63, 3.8) is 0 Å². The Morgan fingerprint density at radius 2 is 1.10 bits per heavy atom. The number of nitrogens with zero attached hydrogens (tertiary/aromatic N) is 3. The highest BCUT2D eigenvalue weighted by Crippen LogP contribution is 2.42. The molecular weight excluding hydrogens is 518 g/mol. The molecule has 3 heterocycles. The van der Waals surface area contributed by atoms with Gasteiger partial charge in [-0.3, -0.25) is 0 Å². The van der Waals surface area contributed by atoms with Gasteiger partial charge < -0.3 is 9.13 Å². The number of benzene rings is 6. The van der Waals surface area contributed by atoms with Crippen molar-refractivity contribution in [2.45, 2.75) is 0 Å². The first-order valence-electron chi connectivity index (χ1n) is 13.6. The summed E-state index contributed by atoms with van der Waals surface area (Å²) in [5.74, 6) is 0. The maximum Gasteiger partial charge on any atom is 0.187 e. The van der Waals surface area contributed by atoms with Gasteiger partial charge in [-0.05, 0) is 53.9 Å². The summed E-state index contributed by atoms with van der Waals surface area (Å²) < 4.78 is 7.24. The number of aromatic nitrogens is 2. The van der Waals surface area contributed by atoms with Crippen LogP contribution in [0.3, 0.4) is 0 Å². The summed E-state index contributed by atoms with van der Waals surface area (Å²) in [6.07, 6.45) is 0. The van der Waals surface area contributed by atoms with Gasteiger partial charge in [-0.2, -0.15) is 0 Å². The Balaban J connectivity index is 1.36. The minimum atomic E-state index is 0.678. The third kappa shape index (κ3) is 3.07. The van der Waals surface area contributed by atoms with Crippen LogP contribution in [0, 0.1) is 6.57 Å². The van der Waals surface area contributed by atoms with Crippen LogP contribution in [0.2, 0.25) is 0 Å². The van der Waals surface area contributed by atoms with Gasteiger partial charge in [-0.25, -0.2) is 4.85 Å². The van der Waals surface area contributed by atoms with Gasteiger partial charge in [0.25, 0.3) is 0 Å². The minimum Gasteiger partial charge on any atom is -0.309 e. The van der Waals surface area contributed by atoms with E-state index >= 15 is 0 Å². The second-order valence-corrected chi connectivity index (χ2v) is 11.5. The van der Waals surface area contributed by atoms with Crippen LogP contribution in [0.25, 0.3) is 80.0 Å². The molecule has 0 saturated carbocycles. The van der Waals surface area contributed by atoms with Crippen molar-refractivity contribution in [3.8, 4) is 11.4 Å². The summed E-state index contributed by atoms with van der Waals surface area (Å²) in [5, 5.41) is 7.34. The van der Waals surface area contributed by atoms with Crippen molar-refractivity contribution >= 4 is 80.8 Å².